The number of hydrogen-bond acceptors (Lipinski definition) is 3. The molecule has 2 rings (SSSR count). The molecule has 18 heavy (non-hydrogen) atoms. The van der Waals surface area contributed by atoms with Crippen molar-refractivity contribution in [1.29, 1.82) is 0 Å². The third-order valence-electron chi connectivity index (χ3n) is 3.12. The van der Waals surface area contributed by atoms with Crippen LogP contribution in [0.15, 0.2) is 18.2 Å². The zero-order chi connectivity index (χ0) is 13.1. The molecule has 0 saturated heterocycles. The van der Waals surface area contributed by atoms with Gasteiger partial charge in [-0.15, -0.1) is 0 Å². The van der Waals surface area contributed by atoms with Gasteiger partial charge >= 0.3 is 5.97 Å². The second kappa shape index (κ2) is 5.35. The summed E-state index contributed by atoms with van der Waals surface area (Å²) in [5, 5.41) is 11.8. The Morgan fingerprint density at radius 3 is 2.67 bits per heavy atom. The summed E-state index contributed by atoms with van der Waals surface area (Å²) in [7, 11) is 0. The third-order valence-corrected chi connectivity index (χ3v) is 3.33. The van der Waals surface area contributed by atoms with Gasteiger partial charge in [-0.3, -0.25) is 9.59 Å². The first kappa shape index (κ1) is 12.8. The Morgan fingerprint density at radius 1 is 1.33 bits per heavy atom. The first-order chi connectivity index (χ1) is 8.56. The van der Waals surface area contributed by atoms with E-state index in [0.717, 1.165) is 0 Å². The molecule has 0 spiro atoms. The van der Waals surface area contributed by atoms with Crippen LogP contribution in [0, 0.1) is 11.8 Å². The Bertz CT molecular complexity index is 478. The topological polar surface area (TPSA) is 79.3 Å². The Morgan fingerprint density at radius 2 is 2.06 bits per heavy atom. The van der Waals surface area contributed by atoms with Gasteiger partial charge in [-0.2, -0.15) is 0 Å². The average Bonchev–Trinajstić information content (AvgIpc) is 2.78. The van der Waals surface area contributed by atoms with Gasteiger partial charge in [0.1, 0.15) is 11.0 Å². The number of nitrogens with one attached hydrogen (secondary N) is 1. The van der Waals surface area contributed by atoms with Gasteiger partial charge in [-0.25, -0.2) is 4.98 Å². The molecule has 0 aromatic carbocycles. The number of halogens is 1. The number of anilines is 1. The van der Waals surface area contributed by atoms with Gasteiger partial charge in [0.05, 0.1) is 5.92 Å². The van der Waals surface area contributed by atoms with Crippen LogP contribution in [0.1, 0.15) is 19.3 Å². The van der Waals surface area contributed by atoms with E-state index in [1.165, 1.54) is 0 Å². The number of amides is 1. The number of pyridine rings is 1. The molecule has 0 aliphatic heterocycles. The molecule has 5 nitrogen and oxygen atoms in total. The Hall–Kier alpha value is -1.62. The number of carbonyl (C=O) groups excluding carboxylic acids is 1. The number of rotatable bonds is 3. The highest BCUT2D eigenvalue weighted by molar-refractivity contribution is 6.29. The first-order valence-corrected chi connectivity index (χ1v) is 6.10. The molecule has 1 aliphatic carbocycles. The molecule has 6 heteroatoms. The van der Waals surface area contributed by atoms with E-state index in [2.05, 4.69) is 10.3 Å². The van der Waals surface area contributed by atoms with Crippen molar-refractivity contribution in [2.75, 3.05) is 5.32 Å². The fourth-order valence-corrected chi connectivity index (χ4v) is 2.31. The van der Waals surface area contributed by atoms with Crippen LogP contribution in [0.5, 0.6) is 0 Å². The van der Waals surface area contributed by atoms with Crippen molar-refractivity contribution in [2.45, 2.75) is 19.3 Å². The highest BCUT2D eigenvalue weighted by atomic mass is 35.5. The van der Waals surface area contributed by atoms with E-state index in [0.29, 0.717) is 30.2 Å². The smallest absolute Gasteiger partial charge is 0.306 e. The molecule has 2 N–H and O–H groups in total. The second-order valence-electron chi connectivity index (χ2n) is 4.38. The molecule has 1 aromatic rings. The van der Waals surface area contributed by atoms with Crippen molar-refractivity contribution in [3.05, 3.63) is 23.4 Å². The van der Waals surface area contributed by atoms with Gasteiger partial charge in [0.25, 0.3) is 0 Å². The summed E-state index contributed by atoms with van der Waals surface area (Å²) in [5.74, 6) is -1.29. The predicted molar refractivity (Wildman–Crippen MR) is 66.3 cm³/mol. The van der Waals surface area contributed by atoms with Crippen molar-refractivity contribution < 1.29 is 14.7 Å². The van der Waals surface area contributed by atoms with E-state index < -0.39 is 11.9 Å². The van der Waals surface area contributed by atoms with Crippen LogP contribution in [0.2, 0.25) is 5.15 Å². The number of nitrogens with zero attached hydrogens (tertiary/aromatic N) is 1. The summed E-state index contributed by atoms with van der Waals surface area (Å²) in [4.78, 5) is 26.7. The Labute approximate surface area is 109 Å². The van der Waals surface area contributed by atoms with Crippen LogP contribution in [-0.2, 0) is 9.59 Å². The van der Waals surface area contributed by atoms with E-state index in [1.807, 2.05) is 0 Å². The maximum atomic E-state index is 11.9. The standard InChI is InChI=1S/C12H13ClN2O3/c13-9-2-1-3-10(14-9)15-11(16)7-4-5-8(6-7)12(17)18/h1-3,7-8H,4-6H2,(H,17,18)(H,14,15,16). The first-order valence-electron chi connectivity index (χ1n) is 5.72. The predicted octanol–water partition coefficient (Wildman–Crippen LogP) is 2.17. The van der Waals surface area contributed by atoms with Crippen LogP contribution in [0.25, 0.3) is 0 Å². The summed E-state index contributed by atoms with van der Waals surface area (Å²) >= 11 is 5.71. The van der Waals surface area contributed by atoms with E-state index in [4.69, 9.17) is 16.7 Å². The summed E-state index contributed by atoms with van der Waals surface area (Å²) in [5.41, 5.74) is 0. The monoisotopic (exact) mass is 268 g/mol. The lowest BCUT2D eigenvalue weighted by molar-refractivity contribution is -0.141. The number of aromatic nitrogens is 1. The maximum Gasteiger partial charge on any atom is 0.306 e. The molecule has 2 atom stereocenters. The Balaban J connectivity index is 1.95. The zero-order valence-corrected chi connectivity index (χ0v) is 10.4. The van der Waals surface area contributed by atoms with Gasteiger partial charge in [-0.1, -0.05) is 17.7 Å². The van der Waals surface area contributed by atoms with Crippen molar-refractivity contribution >= 4 is 29.3 Å². The fourth-order valence-electron chi connectivity index (χ4n) is 2.15. The van der Waals surface area contributed by atoms with E-state index in [1.54, 1.807) is 18.2 Å². The van der Waals surface area contributed by atoms with E-state index >= 15 is 0 Å². The van der Waals surface area contributed by atoms with Crippen LogP contribution < -0.4 is 5.32 Å². The lowest BCUT2D eigenvalue weighted by Gasteiger charge is -2.10. The molecular formula is C12H13ClN2O3. The lowest BCUT2D eigenvalue weighted by atomic mass is 10.0. The summed E-state index contributed by atoms with van der Waals surface area (Å²) in [6, 6.07) is 4.96. The molecule has 1 amide bonds. The fraction of sp³-hybridized carbons (Fsp3) is 0.417. The molecule has 0 radical (unpaired) electrons. The molecular weight excluding hydrogens is 256 g/mol. The Kier molecular flexibility index (Phi) is 3.81. The van der Waals surface area contributed by atoms with Crippen LogP contribution in [0.4, 0.5) is 5.82 Å². The van der Waals surface area contributed by atoms with E-state index in [-0.39, 0.29) is 11.8 Å². The molecule has 1 saturated carbocycles. The quantitative estimate of drug-likeness (QED) is 0.824. The van der Waals surface area contributed by atoms with Crippen LogP contribution in [-0.4, -0.2) is 22.0 Å². The molecule has 0 bridgehead atoms. The van der Waals surface area contributed by atoms with Crippen LogP contribution >= 0.6 is 11.6 Å². The molecule has 1 aliphatic rings. The van der Waals surface area contributed by atoms with Gasteiger partial charge in [0, 0.05) is 5.92 Å². The number of aliphatic carboxylic acids is 1. The van der Waals surface area contributed by atoms with Gasteiger partial charge in [0.15, 0.2) is 0 Å². The number of carboxylic acid groups (broad SMARTS) is 1. The third kappa shape index (κ3) is 2.98. The molecule has 1 aromatic heterocycles. The van der Waals surface area contributed by atoms with Gasteiger partial charge < -0.3 is 10.4 Å². The maximum absolute atomic E-state index is 11.9. The normalized spacial score (nSPS) is 22.7. The number of hydrogen-bond donors (Lipinski definition) is 2. The molecule has 96 valence electrons. The minimum absolute atomic E-state index is 0.187. The summed E-state index contributed by atoms with van der Waals surface area (Å²) in [6.45, 7) is 0. The number of carboxylic acids is 1. The summed E-state index contributed by atoms with van der Waals surface area (Å²) < 4.78 is 0. The summed E-state index contributed by atoms with van der Waals surface area (Å²) in [6.07, 6.45) is 1.54. The van der Waals surface area contributed by atoms with Gasteiger partial charge in [0.2, 0.25) is 5.91 Å². The average molecular weight is 269 g/mol. The highest BCUT2D eigenvalue weighted by Crippen LogP contribution is 2.31. The molecule has 2 unspecified atom stereocenters. The van der Waals surface area contributed by atoms with Crippen molar-refractivity contribution in [1.82, 2.24) is 4.98 Å². The molecule has 1 fully saturated rings. The largest absolute Gasteiger partial charge is 0.481 e. The van der Waals surface area contributed by atoms with Gasteiger partial charge in [-0.05, 0) is 31.4 Å². The highest BCUT2D eigenvalue weighted by Gasteiger charge is 2.33. The van der Waals surface area contributed by atoms with Crippen molar-refractivity contribution in [3.8, 4) is 0 Å². The second-order valence-corrected chi connectivity index (χ2v) is 4.77. The van der Waals surface area contributed by atoms with E-state index in [9.17, 15) is 9.59 Å². The SMILES string of the molecule is O=C(O)C1CCC(C(=O)Nc2cccc(Cl)n2)C1. The zero-order valence-electron chi connectivity index (χ0n) is 9.60. The lowest BCUT2D eigenvalue weighted by Crippen LogP contribution is -2.22. The number of carbonyl (C=O) groups is 2. The minimum atomic E-state index is -0.828. The van der Waals surface area contributed by atoms with Crippen molar-refractivity contribution in [3.63, 3.8) is 0 Å². The van der Waals surface area contributed by atoms with Crippen molar-refractivity contribution in [2.24, 2.45) is 11.8 Å². The molecule has 1 heterocycles. The minimum Gasteiger partial charge on any atom is -0.481 e. The van der Waals surface area contributed by atoms with Crippen LogP contribution in [0.3, 0.4) is 0 Å².